The Hall–Kier alpha value is -3.03. The minimum absolute atomic E-state index is 0.0619. The van der Waals surface area contributed by atoms with Gasteiger partial charge in [-0.15, -0.1) is 5.10 Å². The number of anilines is 1. The molecule has 0 atom stereocenters. The smallest absolute Gasteiger partial charge is 0.267 e. The molecule has 1 N–H and O–H groups in total. The predicted octanol–water partition coefficient (Wildman–Crippen LogP) is 2.74. The first-order valence-electron chi connectivity index (χ1n) is 9.69. The van der Waals surface area contributed by atoms with E-state index in [9.17, 15) is 4.79 Å². The third kappa shape index (κ3) is 3.81. The van der Waals surface area contributed by atoms with Crippen molar-refractivity contribution in [2.45, 2.75) is 58.5 Å². The van der Waals surface area contributed by atoms with Crippen LogP contribution in [0.5, 0.6) is 0 Å². The highest BCUT2D eigenvalue weighted by atomic mass is 16.1. The monoisotopic (exact) mass is 379 g/mol. The molecule has 0 unspecified atom stereocenters. The van der Waals surface area contributed by atoms with E-state index in [1.807, 2.05) is 32.9 Å². The van der Waals surface area contributed by atoms with Gasteiger partial charge < -0.3 is 5.32 Å². The highest BCUT2D eigenvalue weighted by Crippen LogP contribution is 2.28. The second kappa shape index (κ2) is 7.53. The summed E-state index contributed by atoms with van der Waals surface area (Å²) in [5.41, 5.74) is 1.87. The molecule has 0 aromatic carbocycles. The third-order valence-corrected chi connectivity index (χ3v) is 5.21. The Morgan fingerprint density at radius 3 is 2.50 bits per heavy atom. The summed E-state index contributed by atoms with van der Waals surface area (Å²) >= 11 is 0. The van der Waals surface area contributed by atoms with E-state index >= 15 is 0 Å². The molecule has 3 aromatic rings. The second-order valence-corrected chi connectivity index (χ2v) is 7.45. The molecule has 1 fully saturated rings. The van der Waals surface area contributed by atoms with E-state index < -0.39 is 0 Å². The number of aromatic nitrogens is 6. The second-order valence-electron chi connectivity index (χ2n) is 7.45. The van der Waals surface area contributed by atoms with E-state index in [4.69, 9.17) is 0 Å². The molecule has 28 heavy (non-hydrogen) atoms. The number of nitrogens with zero attached hydrogens (tertiary/aromatic N) is 6. The van der Waals surface area contributed by atoms with Gasteiger partial charge in [0.2, 0.25) is 0 Å². The molecule has 0 spiro atoms. The van der Waals surface area contributed by atoms with Crippen LogP contribution in [0.4, 0.5) is 5.82 Å². The van der Waals surface area contributed by atoms with Crippen molar-refractivity contribution >= 4 is 5.82 Å². The molecule has 0 saturated heterocycles. The lowest BCUT2D eigenvalue weighted by molar-refractivity contribution is 0.302. The summed E-state index contributed by atoms with van der Waals surface area (Å²) in [4.78, 5) is 21.0. The molecule has 8 heteroatoms. The minimum Gasteiger partial charge on any atom is -0.367 e. The van der Waals surface area contributed by atoms with Crippen LogP contribution in [-0.4, -0.2) is 35.6 Å². The molecular weight excluding hydrogens is 354 g/mol. The molecule has 1 saturated carbocycles. The van der Waals surface area contributed by atoms with E-state index in [1.165, 1.54) is 0 Å². The lowest BCUT2D eigenvalue weighted by Crippen LogP contribution is -2.33. The van der Waals surface area contributed by atoms with Gasteiger partial charge in [-0.3, -0.25) is 4.79 Å². The fourth-order valence-corrected chi connectivity index (χ4v) is 3.86. The molecular formula is C20H25N7O. The number of aryl methyl sites for hydroxylation is 3. The van der Waals surface area contributed by atoms with E-state index in [2.05, 4.69) is 25.5 Å². The zero-order valence-electron chi connectivity index (χ0n) is 16.5. The molecule has 1 aliphatic carbocycles. The van der Waals surface area contributed by atoms with Crippen molar-refractivity contribution in [3.63, 3.8) is 0 Å². The Labute approximate surface area is 163 Å². The molecule has 8 nitrogen and oxygen atoms in total. The van der Waals surface area contributed by atoms with Crippen molar-refractivity contribution in [3.8, 4) is 5.82 Å². The summed E-state index contributed by atoms with van der Waals surface area (Å²) in [7, 11) is 0. The van der Waals surface area contributed by atoms with E-state index in [-0.39, 0.29) is 11.6 Å². The summed E-state index contributed by atoms with van der Waals surface area (Å²) < 4.78 is 3.42. The van der Waals surface area contributed by atoms with Gasteiger partial charge in [0, 0.05) is 24.0 Å². The molecule has 146 valence electrons. The van der Waals surface area contributed by atoms with Gasteiger partial charge in [0.15, 0.2) is 5.82 Å². The van der Waals surface area contributed by atoms with Crippen molar-refractivity contribution in [1.29, 1.82) is 0 Å². The first kappa shape index (κ1) is 18.3. The highest BCUT2D eigenvalue weighted by Gasteiger charge is 2.24. The topological polar surface area (TPSA) is 90.5 Å². The highest BCUT2D eigenvalue weighted by molar-refractivity contribution is 5.34. The third-order valence-electron chi connectivity index (χ3n) is 5.21. The number of rotatable bonds is 4. The molecule has 0 amide bonds. The van der Waals surface area contributed by atoms with Crippen molar-refractivity contribution < 1.29 is 0 Å². The van der Waals surface area contributed by atoms with Gasteiger partial charge in [-0.25, -0.2) is 19.3 Å². The molecule has 0 aliphatic heterocycles. The van der Waals surface area contributed by atoms with Gasteiger partial charge in [0.05, 0.1) is 11.7 Å². The van der Waals surface area contributed by atoms with Gasteiger partial charge in [0.1, 0.15) is 11.6 Å². The van der Waals surface area contributed by atoms with Crippen LogP contribution >= 0.6 is 0 Å². The standard InChI is InChI=1S/C20H25N7O/c1-13-12-14(2)26(24-13)19-8-9-20(28)27(25-19)17-6-4-16(5-7-17)23-18-10-11-21-15(3)22-18/h8-12,16-17H,4-7H2,1-3H3,(H,21,22,23). The Morgan fingerprint density at radius 2 is 1.82 bits per heavy atom. The van der Waals surface area contributed by atoms with Crippen molar-refractivity contribution in [2.75, 3.05) is 5.32 Å². The summed E-state index contributed by atoms with van der Waals surface area (Å²) in [5, 5.41) is 12.6. The van der Waals surface area contributed by atoms with Crippen molar-refractivity contribution in [2.24, 2.45) is 0 Å². The average Bonchev–Trinajstić information content (AvgIpc) is 3.01. The quantitative estimate of drug-likeness (QED) is 0.750. The molecule has 3 aromatic heterocycles. The summed E-state index contributed by atoms with van der Waals surface area (Å²) in [6.07, 6.45) is 5.49. The molecule has 4 rings (SSSR count). The fraction of sp³-hybridized carbons (Fsp3) is 0.450. The lowest BCUT2D eigenvalue weighted by atomic mass is 9.91. The SMILES string of the molecule is Cc1cc(C)n(-c2ccc(=O)n(C3CCC(Nc4ccnc(C)n4)CC3)n2)n1. The van der Waals surface area contributed by atoms with Crippen LogP contribution in [0.25, 0.3) is 5.82 Å². The van der Waals surface area contributed by atoms with Crippen molar-refractivity contribution in [1.82, 2.24) is 29.5 Å². The first-order valence-corrected chi connectivity index (χ1v) is 9.69. The van der Waals surface area contributed by atoms with Crippen LogP contribution in [0.1, 0.15) is 48.9 Å². The zero-order chi connectivity index (χ0) is 19.7. The summed E-state index contributed by atoms with van der Waals surface area (Å²) in [5.74, 6) is 2.30. The normalized spacial score (nSPS) is 19.5. The number of hydrogen-bond acceptors (Lipinski definition) is 6. The Bertz CT molecular complexity index is 1030. The zero-order valence-corrected chi connectivity index (χ0v) is 16.5. The van der Waals surface area contributed by atoms with Gasteiger partial charge in [-0.1, -0.05) is 0 Å². The van der Waals surface area contributed by atoms with Gasteiger partial charge >= 0.3 is 0 Å². The van der Waals surface area contributed by atoms with Crippen LogP contribution in [0.3, 0.4) is 0 Å². The molecule has 0 radical (unpaired) electrons. The fourth-order valence-electron chi connectivity index (χ4n) is 3.86. The van der Waals surface area contributed by atoms with Crippen LogP contribution < -0.4 is 10.9 Å². The van der Waals surface area contributed by atoms with Crippen LogP contribution in [0.15, 0.2) is 35.3 Å². The lowest BCUT2D eigenvalue weighted by Gasteiger charge is -2.30. The summed E-state index contributed by atoms with van der Waals surface area (Å²) in [6.45, 7) is 5.83. The maximum atomic E-state index is 12.4. The maximum absolute atomic E-state index is 12.4. The summed E-state index contributed by atoms with van der Waals surface area (Å²) in [6, 6.07) is 7.68. The minimum atomic E-state index is -0.0619. The predicted molar refractivity (Wildman–Crippen MR) is 107 cm³/mol. The Morgan fingerprint density at radius 1 is 1.04 bits per heavy atom. The largest absolute Gasteiger partial charge is 0.367 e. The number of hydrogen-bond donors (Lipinski definition) is 1. The van der Waals surface area contributed by atoms with Crippen molar-refractivity contribution in [3.05, 3.63) is 58.0 Å². The Kier molecular flexibility index (Phi) is 4.93. The number of nitrogens with one attached hydrogen (secondary N) is 1. The van der Waals surface area contributed by atoms with Crippen LogP contribution in [-0.2, 0) is 0 Å². The van der Waals surface area contributed by atoms with Gasteiger partial charge in [0.25, 0.3) is 5.56 Å². The Balaban J connectivity index is 1.48. The van der Waals surface area contributed by atoms with Gasteiger partial charge in [-0.05, 0) is 64.7 Å². The molecule has 3 heterocycles. The maximum Gasteiger partial charge on any atom is 0.267 e. The van der Waals surface area contributed by atoms with Crippen LogP contribution in [0, 0.1) is 20.8 Å². The van der Waals surface area contributed by atoms with Crippen LogP contribution in [0.2, 0.25) is 0 Å². The van der Waals surface area contributed by atoms with E-state index in [0.717, 1.165) is 48.7 Å². The molecule has 0 bridgehead atoms. The van der Waals surface area contributed by atoms with E-state index in [0.29, 0.717) is 11.9 Å². The first-order chi connectivity index (χ1) is 13.5. The molecule has 1 aliphatic rings. The average molecular weight is 379 g/mol. The van der Waals surface area contributed by atoms with Gasteiger partial charge in [-0.2, -0.15) is 5.10 Å². The van der Waals surface area contributed by atoms with E-state index in [1.54, 1.807) is 27.7 Å².